The Bertz CT molecular complexity index is 502. The molecule has 2 rings (SSSR count). The molecule has 0 aliphatic rings. The third kappa shape index (κ3) is 2.03. The van der Waals surface area contributed by atoms with Crippen LogP contribution in [0.25, 0.3) is 11.7 Å². The van der Waals surface area contributed by atoms with Crippen LogP contribution in [0.5, 0.6) is 0 Å². The van der Waals surface area contributed by atoms with E-state index in [0.717, 1.165) is 11.3 Å². The predicted molar refractivity (Wildman–Crippen MR) is 60.9 cm³/mol. The fourth-order valence-electron chi connectivity index (χ4n) is 1.37. The molecule has 15 heavy (non-hydrogen) atoms. The van der Waals surface area contributed by atoms with Gasteiger partial charge in [0.1, 0.15) is 5.65 Å². The van der Waals surface area contributed by atoms with Gasteiger partial charge in [-0.15, -0.1) is 0 Å². The van der Waals surface area contributed by atoms with E-state index in [9.17, 15) is 0 Å². The van der Waals surface area contributed by atoms with Crippen molar-refractivity contribution in [2.75, 3.05) is 0 Å². The fraction of sp³-hybridized carbons (Fsp3) is 0.182. The van der Waals surface area contributed by atoms with Crippen LogP contribution in [0, 0.1) is 0 Å². The highest BCUT2D eigenvalue weighted by Crippen LogP contribution is 2.18. The molecule has 0 aromatic carbocycles. The van der Waals surface area contributed by atoms with Crippen molar-refractivity contribution in [1.82, 2.24) is 9.38 Å². The number of aliphatic hydroxyl groups excluding tert-OH is 1. The highest BCUT2D eigenvalue weighted by molar-refractivity contribution is 6.31. The average molecular weight is 223 g/mol. The van der Waals surface area contributed by atoms with Gasteiger partial charge in [0.15, 0.2) is 5.15 Å². The third-order valence-electron chi connectivity index (χ3n) is 2.05. The molecule has 0 amide bonds. The van der Waals surface area contributed by atoms with Crippen LogP contribution in [-0.2, 0) is 0 Å². The third-order valence-corrected chi connectivity index (χ3v) is 2.33. The molecule has 2 aromatic heterocycles. The number of hydrogen-bond acceptors (Lipinski definition) is 2. The minimum atomic E-state index is -0.490. The summed E-state index contributed by atoms with van der Waals surface area (Å²) in [5.41, 5.74) is 1.58. The minimum absolute atomic E-state index is 0.443. The molecule has 2 heterocycles. The lowest BCUT2D eigenvalue weighted by molar-refractivity contribution is 0.245. The molecule has 0 bridgehead atoms. The number of nitrogens with zero attached hydrogens (tertiary/aromatic N) is 2. The predicted octanol–water partition coefficient (Wildman–Crippen LogP) is 2.38. The maximum absolute atomic E-state index is 9.15. The van der Waals surface area contributed by atoms with Crippen LogP contribution in [0.15, 0.2) is 30.5 Å². The summed E-state index contributed by atoms with van der Waals surface area (Å²) in [5, 5.41) is 9.60. The summed E-state index contributed by atoms with van der Waals surface area (Å²) < 4.78 is 1.88. The first-order valence-electron chi connectivity index (χ1n) is 4.67. The largest absolute Gasteiger partial charge is 0.389 e. The number of aromatic nitrogens is 2. The maximum Gasteiger partial charge on any atom is 0.155 e. The molecule has 78 valence electrons. The summed E-state index contributed by atoms with van der Waals surface area (Å²) in [6, 6.07) is 5.69. The molecule has 0 saturated heterocycles. The number of fused-ring (bicyclic) bond motifs is 1. The second-order valence-electron chi connectivity index (χ2n) is 3.32. The lowest BCUT2D eigenvalue weighted by atomic mass is 10.3. The van der Waals surface area contributed by atoms with Crippen molar-refractivity contribution in [1.29, 1.82) is 0 Å². The van der Waals surface area contributed by atoms with Crippen molar-refractivity contribution in [3.63, 3.8) is 0 Å². The number of rotatable bonds is 2. The van der Waals surface area contributed by atoms with Gasteiger partial charge in [-0.05, 0) is 25.1 Å². The van der Waals surface area contributed by atoms with Crippen molar-refractivity contribution in [2.24, 2.45) is 0 Å². The van der Waals surface area contributed by atoms with Gasteiger partial charge in [-0.3, -0.25) is 4.40 Å². The lowest BCUT2D eigenvalue weighted by Gasteiger charge is -1.97. The smallest absolute Gasteiger partial charge is 0.155 e. The Labute approximate surface area is 92.6 Å². The van der Waals surface area contributed by atoms with E-state index in [-0.39, 0.29) is 0 Å². The molecule has 0 aliphatic carbocycles. The zero-order valence-corrected chi connectivity index (χ0v) is 9.02. The lowest BCUT2D eigenvalue weighted by Crippen LogP contribution is -1.92. The van der Waals surface area contributed by atoms with Crippen molar-refractivity contribution in [3.8, 4) is 0 Å². The molecular formula is C11H11ClN2O. The SMILES string of the molecule is CC(O)/C=C/c1c(Cl)nc2ccccn12. The van der Waals surface area contributed by atoms with E-state index in [0.29, 0.717) is 5.15 Å². The number of aliphatic hydroxyl groups is 1. The first-order chi connectivity index (χ1) is 7.18. The minimum Gasteiger partial charge on any atom is -0.389 e. The molecule has 0 radical (unpaired) electrons. The molecule has 0 saturated carbocycles. The zero-order valence-electron chi connectivity index (χ0n) is 8.26. The molecule has 0 spiro atoms. The Morgan fingerprint density at radius 1 is 1.53 bits per heavy atom. The molecule has 0 aliphatic heterocycles. The van der Waals surface area contributed by atoms with E-state index in [1.54, 1.807) is 19.1 Å². The van der Waals surface area contributed by atoms with Crippen molar-refractivity contribution < 1.29 is 5.11 Å². The van der Waals surface area contributed by atoms with E-state index in [4.69, 9.17) is 16.7 Å². The molecule has 1 unspecified atom stereocenters. The van der Waals surface area contributed by atoms with Gasteiger partial charge in [0.2, 0.25) is 0 Å². The van der Waals surface area contributed by atoms with Gasteiger partial charge in [-0.2, -0.15) is 0 Å². The van der Waals surface area contributed by atoms with E-state index in [2.05, 4.69) is 4.98 Å². The normalized spacial score (nSPS) is 13.8. The van der Waals surface area contributed by atoms with Crippen LogP contribution < -0.4 is 0 Å². The quantitative estimate of drug-likeness (QED) is 0.847. The fourth-order valence-corrected chi connectivity index (χ4v) is 1.61. The van der Waals surface area contributed by atoms with Crippen LogP contribution in [0.2, 0.25) is 5.15 Å². The first-order valence-corrected chi connectivity index (χ1v) is 5.05. The Kier molecular flexibility index (Phi) is 2.75. The number of hydrogen-bond donors (Lipinski definition) is 1. The Morgan fingerprint density at radius 2 is 2.33 bits per heavy atom. The molecule has 2 aromatic rings. The van der Waals surface area contributed by atoms with E-state index < -0.39 is 6.10 Å². The molecule has 1 N–H and O–H groups in total. The van der Waals surface area contributed by atoms with Gasteiger partial charge < -0.3 is 5.11 Å². The standard InChI is InChI=1S/C11H11ClN2O/c1-8(15)5-6-9-11(12)13-10-4-2-3-7-14(9)10/h2-8,15H,1H3/b6-5+. The number of halogens is 1. The Morgan fingerprint density at radius 3 is 3.07 bits per heavy atom. The molecule has 1 atom stereocenters. The zero-order chi connectivity index (χ0) is 10.8. The molecule has 3 nitrogen and oxygen atoms in total. The van der Waals surface area contributed by atoms with Gasteiger partial charge in [-0.25, -0.2) is 4.98 Å². The maximum atomic E-state index is 9.15. The average Bonchev–Trinajstić information content (AvgIpc) is 2.50. The highest BCUT2D eigenvalue weighted by Gasteiger charge is 2.06. The van der Waals surface area contributed by atoms with Gasteiger partial charge in [0, 0.05) is 6.20 Å². The monoisotopic (exact) mass is 222 g/mol. The van der Waals surface area contributed by atoms with Gasteiger partial charge in [-0.1, -0.05) is 23.7 Å². The van der Waals surface area contributed by atoms with Crippen molar-refractivity contribution in [2.45, 2.75) is 13.0 Å². The van der Waals surface area contributed by atoms with E-state index >= 15 is 0 Å². The summed E-state index contributed by atoms with van der Waals surface area (Å²) in [4.78, 5) is 4.19. The highest BCUT2D eigenvalue weighted by atomic mass is 35.5. The van der Waals surface area contributed by atoms with Crippen LogP contribution in [0.1, 0.15) is 12.6 Å². The summed E-state index contributed by atoms with van der Waals surface area (Å²) in [6.45, 7) is 1.69. The molecule has 4 heteroatoms. The second-order valence-corrected chi connectivity index (χ2v) is 3.67. The first kappa shape index (κ1) is 10.2. The summed E-state index contributed by atoms with van der Waals surface area (Å²) >= 11 is 5.99. The Balaban J connectivity index is 2.54. The summed E-state index contributed by atoms with van der Waals surface area (Å²) in [6.07, 6.45) is 4.83. The van der Waals surface area contributed by atoms with E-state index in [1.165, 1.54) is 0 Å². The number of imidazole rings is 1. The number of pyridine rings is 1. The van der Waals surface area contributed by atoms with Crippen LogP contribution in [0.3, 0.4) is 0 Å². The van der Waals surface area contributed by atoms with E-state index in [1.807, 2.05) is 28.8 Å². The summed E-state index contributed by atoms with van der Waals surface area (Å²) in [7, 11) is 0. The summed E-state index contributed by atoms with van der Waals surface area (Å²) in [5.74, 6) is 0. The van der Waals surface area contributed by atoms with Gasteiger partial charge >= 0.3 is 0 Å². The van der Waals surface area contributed by atoms with Crippen LogP contribution in [0.4, 0.5) is 0 Å². The molecular weight excluding hydrogens is 212 g/mol. The van der Waals surface area contributed by atoms with Crippen LogP contribution in [-0.4, -0.2) is 20.6 Å². The second kappa shape index (κ2) is 4.04. The van der Waals surface area contributed by atoms with Crippen molar-refractivity contribution in [3.05, 3.63) is 41.3 Å². The van der Waals surface area contributed by atoms with Gasteiger partial charge in [0.05, 0.1) is 11.8 Å². The Hall–Kier alpha value is -1.32. The molecule has 0 fully saturated rings. The van der Waals surface area contributed by atoms with Crippen LogP contribution >= 0.6 is 11.6 Å². The van der Waals surface area contributed by atoms with Gasteiger partial charge in [0.25, 0.3) is 0 Å². The topological polar surface area (TPSA) is 37.5 Å². The van der Waals surface area contributed by atoms with Crippen molar-refractivity contribution >= 4 is 23.3 Å².